The fraction of sp³-hybridized carbons (Fsp3) is 0.294. The van der Waals surface area contributed by atoms with Gasteiger partial charge in [0, 0.05) is 30.5 Å². The molecule has 2 amide bonds. The minimum absolute atomic E-state index is 0.0483. The van der Waals surface area contributed by atoms with Gasteiger partial charge in [0.1, 0.15) is 0 Å². The summed E-state index contributed by atoms with van der Waals surface area (Å²) in [6.45, 7) is 0.941. The summed E-state index contributed by atoms with van der Waals surface area (Å²) < 4.78 is 0. The number of thiophene rings is 1. The second-order valence-electron chi connectivity index (χ2n) is 5.46. The third kappa shape index (κ3) is 4.59. The van der Waals surface area contributed by atoms with Crippen molar-refractivity contribution >= 4 is 46.3 Å². The molecule has 0 radical (unpaired) electrons. The maximum atomic E-state index is 12.3. The molecule has 1 saturated heterocycles. The largest absolute Gasteiger partial charge is 0.324 e. The molecule has 2 heterocycles. The van der Waals surface area contributed by atoms with E-state index >= 15 is 0 Å². The lowest BCUT2D eigenvalue weighted by Crippen LogP contribution is -2.39. The summed E-state index contributed by atoms with van der Waals surface area (Å²) in [5.74, 6) is 1.82. The van der Waals surface area contributed by atoms with Crippen molar-refractivity contribution in [1.82, 2.24) is 5.32 Å². The van der Waals surface area contributed by atoms with E-state index in [-0.39, 0.29) is 17.9 Å². The number of nitrogens with one attached hydrogen (secondary N) is 3. The van der Waals surface area contributed by atoms with E-state index in [1.807, 2.05) is 35.3 Å². The molecule has 0 aliphatic carbocycles. The number of rotatable bonds is 5. The first-order valence-electron chi connectivity index (χ1n) is 7.77. The van der Waals surface area contributed by atoms with E-state index in [1.165, 1.54) is 11.3 Å². The van der Waals surface area contributed by atoms with Gasteiger partial charge in [-0.25, -0.2) is 0 Å². The Hall–Kier alpha value is -1.83. The maximum absolute atomic E-state index is 12.3. The van der Waals surface area contributed by atoms with Gasteiger partial charge in [0.25, 0.3) is 5.91 Å². The van der Waals surface area contributed by atoms with Crippen LogP contribution in [0.1, 0.15) is 16.1 Å². The van der Waals surface area contributed by atoms with Gasteiger partial charge in [-0.15, -0.1) is 11.3 Å². The van der Waals surface area contributed by atoms with E-state index in [4.69, 9.17) is 0 Å². The average molecular weight is 361 g/mol. The Morgan fingerprint density at radius 2 is 1.92 bits per heavy atom. The van der Waals surface area contributed by atoms with Crippen molar-refractivity contribution in [2.24, 2.45) is 0 Å². The van der Waals surface area contributed by atoms with Crippen LogP contribution in [0.5, 0.6) is 0 Å². The highest BCUT2D eigenvalue weighted by Gasteiger charge is 2.18. The van der Waals surface area contributed by atoms with Gasteiger partial charge in [-0.05, 0) is 23.6 Å². The Balaban J connectivity index is 1.63. The molecule has 1 aliphatic heterocycles. The predicted octanol–water partition coefficient (Wildman–Crippen LogP) is 3.03. The van der Waals surface area contributed by atoms with Crippen molar-refractivity contribution in [3.8, 4) is 0 Å². The molecule has 24 heavy (non-hydrogen) atoms. The summed E-state index contributed by atoms with van der Waals surface area (Å²) in [6.07, 6.45) is 0.431. The third-order valence-corrected chi connectivity index (χ3v) is 5.62. The number of amides is 2. The first-order chi connectivity index (χ1) is 11.7. The number of hydrogen-bond donors (Lipinski definition) is 3. The van der Waals surface area contributed by atoms with Crippen LogP contribution in [0.25, 0.3) is 0 Å². The molecule has 0 bridgehead atoms. The fourth-order valence-electron chi connectivity index (χ4n) is 2.47. The van der Waals surface area contributed by atoms with Crippen molar-refractivity contribution in [1.29, 1.82) is 0 Å². The molecular formula is C17H19N3O2S2. The Labute approximate surface area is 149 Å². The molecule has 1 aromatic carbocycles. The summed E-state index contributed by atoms with van der Waals surface area (Å²) in [6, 6.07) is 11.1. The number of hydrogen-bond acceptors (Lipinski definition) is 5. The molecule has 1 aromatic heterocycles. The molecule has 0 saturated carbocycles. The number of carbonyl (C=O) groups excluding carboxylic acids is 2. The number of anilines is 2. The molecule has 5 nitrogen and oxygen atoms in total. The van der Waals surface area contributed by atoms with Crippen LogP contribution in [0.4, 0.5) is 11.4 Å². The molecule has 1 atom stereocenters. The highest BCUT2D eigenvalue weighted by atomic mass is 32.2. The Morgan fingerprint density at radius 3 is 2.58 bits per heavy atom. The van der Waals surface area contributed by atoms with E-state index in [0.29, 0.717) is 22.7 Å². The first-order valence-corrected chi connectivity index (χ1v) is 9.80. The Morgan fingerprint density at radius 1 is 1.12 bits per heavy atom. The molecule has 3 N–H and O–H groups in total. The van der Waals surface area contributed by atoms with Crippen molar-refractivity contribution in [3.63, 3.8) is 0 Å². The highest BCUT2D eigenvalue weighted by Crippen LogP contribution is 2.23. The van der Waals surface area contributed by atoms with E-state index in [9.17, 15) is 9.59 Å². The number of benzene rings is 1. The van der Waals surface area contributed by atoms with Gasteiger partial charge in [-0.1, -0.05) is 18.2 Å². The topological polar surface area (TPSA) is 70.2 Å². The van der Waals surface area contributed by atoms with Crippen LogP contribution >= 0.6 is 23.1 Å². The molecule has 0 spiro atoms. The van der Waals surface area contributed by atoms with E-state index in [0.717, 1.165) is 18.1 Å². The Bertz CT molecular complexity index is 698. The molecule has 1 fully saturated rings. The second-order valence-corrected chi connectivity index (χ2v) is 7.55. The molecular weight excluding hydrogens is 342 g/mol. The van der Waals surface area contributed by atoms with Gasteiger partial charge in [0.15, 0.2) is 0 Å². The van der Waals surface area contributed by atoms with Crippen LogP contribution in [-0.4, -0.2) is 35.9 Å². The summed E-state index contributed by atoms with van der Waals surface area (Å²) in [7, 11) is 0. The van der Waals surface area contributed by atoms with Gasteiger partial charge in [-0.2, -0.15) is 11.8 Å². The van der Waals surface area contributed by atoms with Crippen molar-refractivity contribution < 1.29 is 9.59 Å². The van der Waals surface area contributed by atoms with Crippen molar-refractivity contribution in [2.45, 2.75) is 12.5 Å². The van der Waals surface area contributed by atoms with Gasteiger partial charge in [0.2, 0.25) is 5.91 Å². The highest BCUT2D eigenvalue weighted by molar-refractivity contribution is 7.99. The summed E-state index contributed by atoms with van der Waals surface area (Å²) in [5.41, 5.74) is 1.23. The third-order valence-electron chi connectivity index (χ3n) is 3.62. The monoisotopic (exact) mass is 361 g/mol. The molecule has 3 rings (SSSR count). The fourth-order valence-corrected chi connectivity index (χ4v) is 4.04. The SMILES string of the molecule is O=C(CC1CSCCN1)Nc1ccccc1NC(=O)c1cccs1. The number of para-hydroxylation sites is 2. The van der Waals surface area contributed by atoms with Crippen molar-refractivity contribution in [3.05, 3.63) is 46.7 Å². The van der Waals surface area contributed by atoms with Crippen LogP contribution < -0.4 is 16.0 Å². The minimum atomic E-state index is -0.169. The second kappa shape index (κ2) is 8.32. The molecule has 7 heteroatoms. The maximum Gasteiger partial charge on any atom is 0.265 e. The average Bonchev–Trinajstić information content (AvgIpc) is 3.12. The summed E-state index contributed by atoms with van der Waals surface area (Å²) in [4.78, 5) is 25.1. The first kappa shape index (κ1) is 17.0. The normalized spacial score (nSPS) is 17.2. The van der Waals surface area contributed by atoms with Crippen LogP contribution in [0.2, 0.25) is 0 Å². The van der Waals surface area contributed by atoms with Crippen LogP contribution in [0, 0.1) is 0 Å². The van der Waals surface area contributed by atoms with Gasteiger partial charge in [0.05, 0.1) is 16.3 Å². The molecule has 1 aliphatic rings. The van der Waals surface area contributed by atoms with E-state index in [2.05, 4.69) is 16.0 Å². The van der Waals surface area contributed by atoms with Crippen LogP contribution in [-0.2, 0) is 4.79 Å². The summed E-state index contributed by atoms with van der Waals surface area (Å²) >= 11 is 3.25. The molecule has 1 unspecified atom stereocenters. The van der Waals surface area contributed by atoms with Gasteiger partial charge < -0.3 is 16.0 Å². The number of thioether (sulfide) groups is 1. The zero-order valence-corrected chi connectivity index (χ0v) is 14.7. The molecule has 2 aromatic rings. The smallest absolute Gasteiger partial charge is 0.265 e. The quantitative estimate of drug-likeness (QED) is 0.766. The van der Waals surface area contributed by atoms with E-state index in [1.54, 1.807) is 18.2 Å². The zero-order valence-electron chi connectivity index (χ0n) is 13.1. The predicted molar refractivity (Wildman–Crippen MR) is 101 cm³/mol. The van der Waals surface area contributed by atoms with Crippen LogP contribution in [0.15, 0.2) is 41.8 Å². The molecule has 126 valence electrons. The zero-order chi connectivity index (χ0) is 16.8. The number of carbonyl (C=O) groups is 2. The summed E-state index contributed by atoms with van der Waals surface area (Å²) in [5, 5.41) is 11.0. The lowest BCUT2D eigenvalue weighted by Gasteiger charge is -2.22. The lowest BCUT2D eigenvalue weighted by atomic mass is 10.2. The van der Waals surface area contributed by atoms with Crippen molar-refractivity contribution in [2.75, 3.05) is 28.7 Å². The minimum Gasteiger partial charge on any atom is -0.324 e. The van der Waals surface area contributed by atoms with Crippen LogP contribution in [0.3, 0.4) is 0 Å². The lowest BCUT2D eigenvalue weighted by molar-refractivity contribution is -0.116. The standard InChI is InChI=1S/C17H19N3O2S2/c21-16(10-12-11-23-9-7-18-12)19-13-4-1-2-5-14(13)20-17(22)15-6-3-8-24-15/h1-6,8,12,18H,7,9-11H2,(H,19,21)(H,20,22). The van der Waals surface area contributed by atoms with Gasteiger partial charge >= 0.3 is 0 Å². The Kier molecular flexibility index (Phi) is 5.90. The van der Waals surface area contributed by atoms with E-state index < -0.39 is 0 Å². The van der Waals surface area contributed by atoms with Gasteiger partial charge in [-0.3, -0.25) is 9.59 Å².